The third-order valence-corrected chi connectivity index (χ3v) is 4.73. The van der Waals surface area contributed by atoms with Gasteiger partial charge in [0.05, 0.1) is 11.7 Å². The minimum Gasteiger partial charge on any atom is -0.478 e. The number of nitrogens with one attached hydrogen (secondary N) is 1. The van der Waals surface area contributed by atoms with Gasteiger partial charge in [0, 0.05) is 18.2 Å². The Morgan fingerprint density at radius 1 is 1.48 bits per heavy atom. The minimum absolute atomic E-state index is 0.182. The molecule has 7 heteroatoms. The van der Waals surface area contributed by atoms with Crippen molar-refractivity contribution in [2.75, 3.05) is 0 Å². The van der Waals surface area contributed by atoms with Crippen molar-refractivity contribution in [3.8, 4) is 0 Å². The molecule has 1 aliphatic rings. The second-order valence-electron chi connectivity index (χ2n) is 6.05. The van der Waals surface area contributed by atoms with Crippen LogP contribution in [0.1, 0.15) is 37.9 Å². The van der Waals surface area contributed by atoms with Crippen LogP contribution in [0.3, 0.4) is 0 Å². The molecule has 4 rings (SSSR count). The molecule has 23 heavy (non-hydrogen) atoms. The monoisotopic (exact) mass is 311 g/mol. The van der Waals surface area contributed by atoms with Crippen molar-refractivity contribution in [1.29, 1.82) is 0 Å². The molecule has 0 radical (unpaired) electrons. The molecule has 1 saturated carbocycles. The van der Waals surface area contributed by atoms with E-state index in [0.29, 0.717) is 5.92 Å². The summed E-state index contributed by atoms with van der Waals surface area (Å²) in [4.78, 5) is 18.4. The van der Waals surface area contributed by atoms with Crippen LogP contribution in [0.25, 0.3) is 16.8 Å². The van der Waals surface area contributed by atoms with Crippen LogP contribution in [-0.2, 0) is 4.79 Å². The van der Waals surface area contributed by atoms with E-state index in [1.807, 2.05) is 16.7 Å². The van der Waals surface area contributed by atoms with Gasteiger partial charge in [-0.05, 0) is 24.8 Å². The van der Waals surface area contributed by atoms with Gasteiger partial charge in [0.1, 0.15) is 5.82 Å². The summed E-state index contributed by atoms with van der Waals surface area (Å²) in [5.74, 6) is 0.586. The number of aromatic nitrogens is 5. The molecule has 0 spiro atoms. The Bertz CT molecular complexity index is 923. The standard InChI is InChI=1S/C16H17N5O2/c1-2-10-5-9(7-14(22)23)6-11(10)16-20-19-13-8-18-15-12(21(13)16)3-4-17-15/h3-4,7-8,10-11,17H,2,5-6H2,1H3,(H,22,23)/b9-7-/t10-,11+/m0/s1. The topological polar surface area (TPSA) is 96.2 Å². The predicted molar refractivity (Wildman–Crippen MR) is 84.1 cm³/mol. The van der Waals surface area contributed by atoms with Crippen LogP contribution in [0.2, 0.25) is 0 Å². The number of rotatable bonds is 3. The normalized spacial score (nSPS) is 23.3. The maximum absolute atomic E-state index is 11.0. The maximum Gasteiger partial charge on any atom is 0.328 e. The van der Waals surface area contributed by atoms with Crippen LogP contribution >= 0.6 is 0 Å². The number of allylic oxidation sites excluding steroid dienone is 1. The highest BCUT2D eigenvalue weighted by molar-refractivity contribution is 5.80. The SMILES string of the molecule is CC[C@H]1C/C(=C/C(=O)O)C[C@H]1c1nnc2cnc3[nH]ccc3n12. The number of hydrogen-bond donors (Lipinski definition) is 2. The molecule has 0 saturated heterocycles. The lowest BCUT2D eigenvalue weighted by Gasteiger charge is -2.15. The molecule has 0 bridgehead atoms. The molecule has 0 amide bonds. The van der Waals surface area contributed by atoms with E-state index in [0.717, 1.165) is 47.5 Å². The van der Waals surface area contributed by atoms with E-state index >= 15 is 0 Å². The molecule has 0 aliphatic heterocycles. The lowest BCUT2D eigenvalue weighted by molar-refractivity contribution is -0.131. The number of carboxylic acids is 1. The summed E-state index contributed by atoms with van der Waals surface area (Å²) in [7, 11) is 0. The van der Waals surface area contributed by atoms with E-state index in [1.165, 1.54) is 6.08 Å². The Kier molecular flexibility index (Phi) is 3.14. The summed E-state index contributed by atoms with van der Waals surface area (Å²) in [6, 6.07) is 1.96. The van der Waals surface area contributed by atoms with Gasteiger partial charge in [-0.3, -0.25) is 4.40 Å². The van der Waals surface area contributed by atoms with E-state index in [1.54, 1.807) is 6.20 Å². The quantitative estimate of drug-likeness (QED) is 0.725. The first-order valence-electron chi connectivity index (χ1n) is 7.77. The van der Waals surface area contributed by atoms with E-state index in [2.05, 4.69) is 27.1 Å². The Morgan fingerprint density at radius 3 is 3.13 bits per heavy atom. The van der Waals surface area contributed by atoms with E-state index in [-0.39, 0.29) is 5.92 Å². The summed E-state index contributed by atoms with van der Waals surface area (Å²) in [5, 5.41) is 17.7. The first kappa shape index (κ1) is 13.9. The van der Waals surface area contributed by atoms with Crippen LogP contribution in [0.15, 0.2) is 30.1 Å². The van der Waals surface area contributed by atoms with Gasteiger partial charge in [-0.25, -0.2) is 9.78 Å². The zero-order valence-corrected chi connectivity index (χ0v) is 12.7. The molecular formula is C16H17N5O2. The minimum atomic E-state index is -0.876. The smallest absolute Gasteiger partial charge is 0.328 e. The Hall–Kier alpha value is -2.70. The molecule has 3 aromatic heterocycles. The number of carboxylic acid groups (broad SMARTS) is 1. The summed E-state index contributed by atoms with van der Waals surface area (Å²) in [6.07, 6.45) is 7.42. The molecule has 7 nitrogen and oxygen atoms in total. The fraction of sp³-hybridized carbons (Fsp3) is 0.375. The fourth-order valence-electron chi connectivity index (χ4n) is 3.67. The molecule has 1 aliphatic carbocycles. The number of H-pyrrole nitrogens is 1. The van der Waals surface area contributed by atoms with Gasteiger partial charge < -0.3 is 10.1 Å². The number of fused-ring (bicyclic) bond motifs is 3. The maximum atomic E-state index is 11.0. The van der Waals surface area contributed by atoms with E-state index < -0.39 is 5.97 Å². The summed E-state index contributed by atoms with van der Waals surface area (Å²) in [5.41, 5.74) is 3.45. The molecule has 3 aromatic rings. The molecule has 3 heterocycles. The van der Waals surface area contributed by atoms with Gasteiger partial charge in [0.15, 0.2) is 11.3 Å². The first-order chi connectivity index (χ1) is 11.2. The Morgan fingerprint density at radius 2 is 2.35 bits per heavy atom. The third kappa shape index (κ3) is 2.19. The van der Waals surface area contributed by atoms with Crippen LogP contribution in [0.4, 0.5) is 0 Å². The molecule has 2 N–H and O–H groups in total. The van der Waals surface area contributed by atoms with Gasteiger partial charge in [0.25, 0.3) is 0 Å². The van der Waals surface area contributed by atoms with Crippen LogP contribution in [0.5, 0.6) is 0 Å². The lowest BCUT2D eigenvalue weighted by atomic mass is 9.93. The molecule has 0 unspecified atom stereocenters. The molecule has 2 atom stereocenters. The van der Waals surface area contributed by atoms with Crippen LogP contribution < -0.4 is 0 Å². The van der Waals surface area contributed by atoms with Gasteiger partial charge in [0.2, 0.25) is 0 Å². The largest absolute Gasteiger partial charge is 0.478 e. The highest BCUT2D eigenvalue weighted by Crippen LogP contribution is 2.44. The van der Waals surface area contributed by atoms with Crippen molar-refractivity contribution in [3.63, 3.8) is 0 Å². The highest BCUT2D eigenvalue weighted by Gasteiger charge is 2.34. The predicted octanol–water partition coefficient (Wildman–Crippen LogP) is 2.52. The van der Waals surface area contributed by atoms with Crippen molar-refractivity contribution < 1.29 is 9.90 Å². The van der Waals surface area contributed by atoms with Crippen LogP contribution in [-0.4, -0.2) is 35.6 Å². The molecule has 118 valence electrons. The number of aromatic amines is 1. The molecule has 0 aromatic carbocycles. The van der Waals surface area contributed by atoms with Crippen molar-refractivity contribution in [2.24, 2.45) is 5.92 Å². The third-order valence-electron chi connectivity index (χ3n) is 4.73. The van der Waals surface area contributed by atoms with Gasteiger partial charge in [-0.15, -0.1) is 10.2 Å². The molecule has 1 fully saturated rings. The fourth-order valence-corrected chi connectivity index (χ4v) is 3.67. The van der Waals surface area contributed by atoms with E-state index in [4.69, 9.17) is 5.11 Å². The van der Waals surface area contributed by atoms with Gasteiger partial charge >= 0.3 is 5.97 Å². The number of nitrogens with zero attached hydrogens (tertiary/aromatic N) is 4. The summed E-state index contributed by atoms with van der Waals surface area (Å²) >= 11 is 0. The van der Waals surface area contributed by atoms with Gasteiger partial charge in [-0.1, -0.05) is 18.9 Å². The zero-order valence-electron chi connectivity index (χ0n) is 12.7. The number of hydrogen-bond acceptors (Lipinski definition) is 4. The van der Waals surface area contributed by atoms with Crippen molar-refractivity contribution in [1.82, 2.24) is 24.6 Å². The van der Waals surface area contributed by atoms with Gasteiger partial charge in [-0.2, -0.15) is 0 Å². The first-order valence-corrected chi connectivity index (χ1v) is 7.77. The van der Waals surface area contributed by atoms with Crippen LogP contribution in [0, 0.1) is 5.92 Å². The van der Waals surface area contributed by atoms with Crippen molar-refractivity contribution >= 4 is 22.8 Å². The van der Waals surface area contributed by atoms with E-state index in [9.17, 15) is 4.79 Å². The number of carbonyl (C=O) groups is 1. The second kappa shape index (κ2) is 5.19. The Labute approximate surface area is 132 Å². The summed E-state index contributed by atoms with van der Waals surface area (Å²) < 4.78 is 2.04. The average Bonchev–Trinajstić information content (AvgIpc) is 3.22. The Balaban J connectivity index is 1.85. The second-order valence-corrected chi connectivity index (χ2v) is 6.05. The molecular weight excluding hydrogens is 294 g/mol. The summed E-state index contributed by atoms with van der Waals surface area (Å²) in [6.45, 7) is 2.14. The van der Waals surface area contributed by atoms with Crippen molar-refractivity contribution in [2.45, 2.75) is 32.1 Å². The average molecular weight is 311 g/mol. The lowest BCUT2D eigenvalue weighted by Crippen LogP contribution is -2.09. The van der Waals surface area contributed by atoms with Crippen molar-refractivity contribution in [3.05, 3.63) is 35.9 Å². The highest BCUT2D eigenvalue weighted by atomic mass is 16.4. The number of aliphatic carboxylic acids is 1. The zero-order chi connectivity index (χ0) is 16.0.